The summed E-state index contributed by atoms with van der Waals surface area (Å²) in [5.74, 6) is 2.88. The molecule has 282 valence electrons. The first-order valence-corrected chi connectivity index (χ1v) is 21.3. The highest BCUT2D eigenvalue weighted by molar-refractivity contribution is 5.99. The molecule has 0 amide bonds. The van der Waals surface area contributed by atoms with Crippen LogP contribution in [0.3, 0.4) is 0 Å². The van der Waals surface area contributed by atoms with Gasteiger partial charge in [0.2, 0.25) is 0 Å². The van der Waals surface area contributed by atoms with E-state index >= 15 is 0 Å². The number of benzene rings is 8. The van der Waals surface area contributed by atoms with Crippen LogP contribution in [-0.2, 0) is 5.41 Å². The Kier molecular flexibility index (Phi) is 8.73. The molecule has 0 heterocycles. The van der Waals surface area contributed by atoms with E-state index in [-0.39, 0.29) is 0 Å². The van der Waals surface area contributed by atoms with E-state index < -0.39 is 0 Å². The average Bonchev–Trinajstić information content (AvgIpc) is 3.28. The third-order valence-electron chi connectivity index (χ3n) is 13.6. The van der Waals surface area contributed by atoms with Gasteiger partial charge in [-0.15, -0.1) is 0 Å². The summed E-state index contributed by atoms with van der Waals surface area (Å²) in [5, 5.41) is 2.47. The van der Waals surface area contributed by atoms with Crippen molar-refractivity contribution in [1.29, 1.82) is 0 Å². The third-order valence-corrected chi connectivity index (χ3v) is 13.6. The highest BCUT2D eigenvalue weighted by atomic mass is 15.1. The minimum absolute atomic E-state index is 0.432. The number of hydrogen-bond donors (Lipinski definition) is 0. The molecule has 4 bridgehead atoms. The highest BCUT2D eigenvalue weighted by Crippen LogP contribution is 2.60. The summed E-state index contributed by atoms with van der Waals surface area (Å²) in [7, 11) is 0. The molecule has 0 radical (unpaired) electrons. The minimum atomic E-state index is 0.432. The zero-order chi connectivity index (χ0) is 38.5. The van der Waals surface area contributed by atoms with Crippen LogP contribution in [0.1, 0.15) is 44.1 Å². The molecule has 2 heteroatoms. The van der Waals surface area contributed by atoms with Gasteiger partial charge in [-0.05, 0) is 162 Å². The molecule has 4 fully saturated rings. The summed E-state index contributed by atoms with van der Waals surface area (Å²) < 4.78 is 0. The molecule has 2 nitrogen and oxygen atoms in total. The molecule has 4 aliphatic rings. The number of anilines is 6. The second-order valence-electron chi connectivity index (χ2n) is 17.3. The van der Waals surface area contributed by atoms with Crippen LogP contribution in [0.25, 0.3) is 33.0 Å². The number of hydrogen-bond acceptors (Lipinski definition) is 2. The zero-order valence-electron chi connectivity index (χ0n) is 32.9. The minimum Gasteiger partial charge on any atom is -0.311 e. The van der Waals surface area contributed by atoms with Gasteiger partial charge in [0.1, 0.15) is 0 Å². The number of fused-ring (bicyclic) bond motifs is 1. The van der Waals surface area contributed by atoms with E-state index in [0.717, 1.165) is 46.2 Å². The van der Waals surface area contributed by atoms with Crippen LogP contribution < -0.4 is 9.80 Å². The van der Waals surface area contributed by atoms with Gasteiger partial charge < -0.3 is 9.80 Å². The molecule has 4 aliphatic carbocycles. The first-order chi connectivity index (χ1) is 28.7. The van der Waals surface area contributed by atoms with Crippen molar-refractivity contribution in [1.82, 2.24) is 0 Å². The summed E-state index contributed by atoms with van der Waals surface area (Å²) in [6.07, 6.45) is 8.69. The lowest BCUT2D eigenvalue weighted by atomic mass is 9.48. The second kappa shape index (κ2) is 14.5. The van der Waals surface area contributed by atoms with E-state index in [9.17, 15) is 0 Å². The van der Waals surface area contributed by atoms with Gasteiger partial charge in [-0.3, -0.25) is 0 Å². The molecule has 0 spiro atoms. The highest BCUT2D eigenvalue weighted by Gasteiger charge is 2.51. The summed E-state index contributed by atoms with van der Waals surface area (Å²) in [4.78, 5) is 4.71. The normalized spacial score (nSPS) is 20.6. The first kappa shape index (κ1) is 34.8. The Morgan fingerprint density at radius 3 is 1.19 bits per heavy atom. The molecule has 58 heavy (non-hydrogen) atoms. The Balaban J connectivity index is 0.895. The van der Waals surface area contributed by atoms with E-state index in [1.807, 2.05) is 0 Å². The van der Waals surface area contributed by atoms with Crippen LogP contribution in [0.15, 0.2) is 200 Å². The van der Waals surface area contributed by atoms with Crippen LogP contribution in [0.2, 0.25) is 0 Å². The van der Waals surface area contributed by atoms with Crippen molar-refractivity contribution < 1.29 is 0 Å². The van der Waals surface area contributed by atoms with Crippen molar-refractivity contribution in [2.24, 2.45) is 17.8 Å². The molecule has 4 saturated carbocycles. The molecule has 0 unspecified atom stereocenters. The fourth-order valence-electron chi connectivity index (χ4n) is 11.3. The van der Waals surface area contributed by atoms with E-state index in [4.69, 9.17) is 0 Å². The average molecular weight is 749 g/mol. The zero-order valence-corrected chi connectivity index (χ0v) is 32.9. The number of nitrogens with zero attached hydrogens (tertiary/aromatic N) is 2. The van der Waals surface area contributed by atoms with Crippen LogP contribution in [0, 0.1) is 17.8 Å². The Labute approximate surface area is 343 Å². The van der Waals surface area contributed by atoms with E-state index in [1.54, 1.807) is 5.56 Å². The summed E-state index contributed by atoms with van der Waals surface area (Å²) in [6, 6.07) is 73.4. The summed E-state index contributed by atoms with van der Waals surface area (Å²) >= 11 is 0. The van der Waals surface area contributed by atoms with Crippen LogP contribution in [0.5, 0.6) is 0 Å². The van der Waals surface area contributed by atoms with Crippen molar-refractivity contribution in [2.45, 2.75) is 43.9 Å². The van der Waals surface area contributed by atoms with Crippen LogP contribution in [-0.4, -0.2) is 0 Å². The Morgan fingerprint density at radius 2 is 0.707 bits per heavy atom. The van der Waals surface area contributed by atoms with Gasteiger partial charge in [-0.1, -0.05) is 133 Å². The Bertz CT molecular complexity index is 2580. The third kappa shape index (κ3) is 6.38. The fraction of sp³-hybridized carbons (Fsp3) is 0.179. The standard InChI is InChI=1S/C56H48N2/c1-3-12-49(13-4-1)57(50-14-5-2-6-15-50)51-28-20-45(21-29-51)46-24-32-53(33-25-46)58(55-17-9-11-47-10-7-8-16-54(47)55)52-30-22-44(23-31-52)43-18-26-48(27-19-43)56-37-40-34-41(38-56)36-42(35-40)39-56/h1-33,40-42H,34-39H2. The maximum atomic E-state index is 2.47. The maximum Gasteiger partial charge on any atom is 0.0540 e. The van der Waals surface area contributed by atoms with Gasteiger partial charge in [0.05, 0.1) is 5.69 Å². The lowest BCUT2D eigenvalue weighted by molar-refractivity contribution is -0.00518. The van der Waals surface area contributed by atoms with Crippen molar-refractivity contribution in [3.63, 3.8) is 0 Å². The number of para-hydroxylation sites is 2. The van der Waals surface area contributed by atoms with E-state index in [0.29, 0.717) is 5.41 Å². The van der Waals surface area contributed by atoms with Crippen molar-refractivity contribution >= 4 is 44.9 Å². The first-order valence-electron chi connectivity index (χ1n) is 21.3. The smallest absolute Gasteiger partial charge is 0.0540 e. The predicted octanol–water partition coefficient (Wildman–Crippen LogP) is 15.6. The molecule has 0 aromatic heterocycles. The SMILES string of the molecule is c1ccc(N(c2ccccc2)c2ccc(-c3ccc(N(c4ccc(-c5ccc(C67CC8CC(CC(C8)C6)C7)cc5)cc4)c4cccc5ccccc45)cc3)cc2)cc1. The fourth-order valence-corrected chi connectivity index (χ4v) is 11.3. The molecular formula is C56H48N2. The molecule has 0 N–H and O–H groups in total. The molecular weight excluding hydrogens is 701 g/mol. The molecule has 0 atom stereocenters. The lowest BCUT2D eigenvalue weighted by Crippen LogP contribution is -2.48. The number of rotatable bonds is 9. The monoisotopic (exact) mass is 748 g/mol. The van der Waals surface area contributed by atoms with Gasteiger partial charge in [-0.25, -0.2) is 0 Å². The van der Waals surface area contributed by atoms with Crippen molar-refractivity contribution in [3.8, 4) is 22.3 Å². The molecule has 8 aromatic carbocycles. The Hall–Kier alpha value is -6.38. The van der Waals surface area contributed by atoms with Gasteiger partial charge >= 0.3 is 0 Å². The van der Waals surface area contributed by atoms with Crippen molar-refractivity contribution in [2.75, 3.05) is 9.80 Å². The summed E-state index contributed by atoms with van der Waals surface area (Å²) in [6.45, 7) is 0. The van der Waals surface area contributed by atoms with Crippen LogP contribution >= 0.6 is 0 Å². The lowest BCUT2D eigenvalue weighted by Gasteiger charge is -2.57. The van der Waals surface area contributed by atoms with Gasteiger partial charge in [0, 0.05) is 33.8 Å². The van der Waals surface area contributed by atoms with Crippen LogP contribution in [0.4, 0.5) is 34.1 Å². The van der Waals surface area contributed by atoms with E-state index in [1.165, 1.54) is 77.2 Å². The summed E-state index contributed by atoms with van der Waals surface area (Å²) in [5.41, 5.74) is 13.8. The van der Waals surface area contributed by atoms with Gasteiger partial charge in [-0.2, -0.15) is 0 Å². The Morgan fingerprint density at radius 1 is 0.328 bits per heavy atom. The predicted molar refractivity (Wildman–Crippen MR) is 244 cm³/mol. The topological polar surface area (TPSA) is 6.48 Å². The quantitative estimate of drug-likeness (QED) is 0.145. The molecule has 0 aliphatic heterocycles. The largest absolute Gasteiger partial charge is 0.311 e. The second-order valence-corrected chi connectivity index (χ2v) is 17.3. The van der Waals surface area contributed by atoms with Gasteiger partial charge in [0.25, 0.3) is 0 Å². The maximum absolute atomic E-state index is 2.47. The molecule has 12 rings (SSSR count). The molecule has 0 saturated heterocycles. The molecule has 8 aromatic rings. The van der Waals surface area contributed by atoms with Gasteiger partial charge in [0.15, 0.2) is 0 Å². The van der Waals surface area contributed by atoms with Crippen molar-refractivity contribution in [3.05, 3.63) is 206 Å². The van der Waals surface area contributed by atoms with E-state index in [2.05, 4.69) is 210 Å².